The number of hydrogen-bond donors (Lipinski definition) is 1. The molecule has 33 heavy (non-hydrogen) atoms. The zero-order valence-corrected chi connectivity index (χ0v) is 19.7. The topological polar surface area (TPSA) is 168 Å². The average molecular weight is 496 g/mol. The van der Waals surface area contributed by atoms with Crippen LogP contribution < -0.4 is 18.1 Å². The first-order valence-corrected chi connectivity index (χ1v) is 10.2. The second kappa shape index (κ2) is 15.2. The van der Waals surface area contributed by atoms with Gasteiger partial charge in [0.25, 0.3) is 6.29 Å². The van der Waals surface area contributed by atoms with Crippen molar-refractivity contribution >= 4 is 29.8 Å². The summed E-state index contributed by atoms with van der Waals surface area (Å²) >= 11 is 0. The fraction of sp³-hybridized carbons (Fsp3) is 0.650. The molecule has 12 nitrogen and oxygen atoms in total. The van der Waals surface area contributed by atoms with Crippen LogP contribution in [-0.4, -0.2) is 74.2 Å². The molecule has 0 saturated carbocycles. The van der Waals surface area contributed by atoms with Gasteiger partial charge in [0.2, 0.25) is 0 Å². The minimum atomic E-state index is -1.36. The molecule has 0 amide bonds. The van der Waals surface area contributed by atoms with Crippen molar-refractivity contribution in [2.45, 2.75) is 70.7 Å². The van der Waals surface area contributed by atoms with Gasteiger partial charge in [-0.05, 0) is 0 Å². The lowest BCUT2D eigenvalue weighted by atomic mass is 9.97. The molecule has 1 aliphatic heterocycles. The molecule has 13 heteroatoms. The summed E-state index contributed by atoms with van der Waals surface area (Å²) < 4.78 is 31.2. The van der Waals surface area contributed by atoms with Crippen molar-refractivity contribution in [3.8, 4) is 0 Å². The lowest BCUT2D eigenvalue weighted by molar-refractivity contribution is -0.496. The van der Waals surface area contributed by atoms with E-state index in [-0.39, 0.29) is 38.3 Å². The number of ether oxygens (including phenoxy) is 6. The summed E-state index contributed by atoms with van der Waals surface area (Å²) in [5, 5.41) is 0. The highest BCUT2D eigenvalue weighted by Gasteiger charge is 2.52. The van der Waals surface area contributed by atoms with Gasteiger partial charge in [0.15, 0.2) is 18.2 Å². The number of hydrogen-bond acceptors (Lipinski definition) is 11. The maximum Gasteiger partial charge on any atom is 0.333 e. The Labute approximate surface area is 197 Å². The van der Waals surface area contributed by atoms with Gasteiger partial charge in [0.1, 0.15) is 12.7 Å². The van der Waals surface area contributed by atoms with E-state index < -0.39 is 60.5 Å². The summed E-state index contributed by atoms with van der Waals surface area (Å²) in [6.07, 6.45) is -2.96. The predicted octanol–water partition coefficient (Wildman–Crippen LogP) is -3.80. The molecule has 0 aromatic heterocycles. The number of methoxy groups -OCH3 is 1. The Morgan fingerprint density at radius 1 is 0.818 bits per heavy atom. The van der Waals surface area contributed by atoms with Gasteiger partial charge < -0.3 is 46.6 Å². The van der Waals surface area contributed by atoms with Crippen molar-refractivity contribution in [1.29, 1.82) is 0 Å². The summed E-state index contributed by atoms with van der Waals surface area (Å²) in [4.78, 5) is 58.9. The molecule has 188 valence electrons. The van der Waals surface area contributed by atoms with Crippen LogP contribution >= 0.6 is 0 Å². The SMILES string of the molecule is CCC(=O)OC[C@H]1O[C@@H](OC(=O)/C=C/C(=O)OC)[C@H]([NH3+])[C@@H](OC(=O)CC)[C@@H]1OC(=O)CC.[Cl-]. The van der Waals surface area contributed by atoms with E-state index in [0.717, 1.165) is 19.3 Å². The minimum absolute atomic E-state index is 0. The summed E-state index contributed by atoms with van der Waals surface area (Å²) in [7, 11) is 1.14. The monoisotopic (exact) mass is 495 g/mol. The fourth-order valence-corrected chi connectivity index (χ4v) is 2.61. The van der Waals surface area contributed by atoms with Crippen molar-refractivity contribution < 1.29 is 70.5 Å². The van der Waals surface area contributed by atoms with Crippen molar-refractivity contribution in [2.75, 3.05) is 13.7 Å². The van der Waals surface area contributed by atoms with E-state index in [9.17, 15) is 24.0 Å². The van der Waals surface area contributed by atoms with Gasteiger partial charge in [0.05, 0.1) is 7.11 Å². The summed E-state index contributed by atoms with van der Waals surface area (Å²) in [5.74, 6) is -3.48. The first-order chi connectivity index (χ1) is 15.2. The lowest BCUT2D eigenvalue weighted by Gasteiger charge is -2.41. The number of quaternary nitrogens is 1. The zero-order chi connectivity index (χ0) is 24.3. The molecule has 0 unspecified atom stereocenters. The Balaban J connectivity index is 0.0000102. The molecule has 0 radical (unpaired) electrons. The third-order valence-corrected chi connectivity index (χ3v) is 4.37. The molecule has 0 aliphatic carbocycles. The molecule has 5 atom stereocenters. The largest absolute Gasteiger partial charge is 1.00 e. The average Bonchev–Trinajstić information content (AvgIpc) is 2.79. The van der Waals surface area contributed by atoms with Crippen molar-refractivity contribution in [1.82, 2.24) is 0 Å². The van der Waals surface area contributed by atoms with Gasteiger partial charge in [-0.25, -0.2) is 9.59 Å². The van der Waals surface area contributed by atoms with Crippen LogP contribution in [0.5, 0.6) is 0 Å². The van der Waals surface area contributed by atoms with Crippen LogP contribution in [0, 0.1) is 0 Å². The quantitative estimate of drug-likeness (QED) is 0.179. The van der Waals surface area contributed by atoms with E-state index in [1.54, 1.807) is 20.8 Å². The van der Waals surface area contributed by atoms with Crippen LogP contribution in [0.25, 0.3) is 0 Å². The highest BCUT2D eigenvalue weighted by atomic mass is 35.5. The van der Waals surface area contributed by atoms with E-state index in [0.29, 0.717) is 0 Å². The Morgan fingerprint density at radius 3 is 1.85 bits per heavy atom. The Morgan fingerprint density at radius 2 is 1.33 bits per heavy atom. The third kappa shape index (κ3) is 9.76. The lowest BCUT2D eigenvalue weighted by Crippen LogP contribution is -3.00. The normalized spacial score (nSPS) is 24.2. The van der Waals surface area contributed by atoms with Gasteiger partial charge >= 0.3 is 29.8 Å². The molecular weight excluding hydrogens is 466 g/mol. The smallest absolute Gasteiger partial charge is 0.333 e. The standard InChI is InChI=1S/C20H29NO11.ClH/c1-5-12(22)28-10-11-18(30-13(23)6-2)19(31-14(24)7-3)17(21)20(29-11)32-16(26)9-8-15(25)27-4;/h8-9,11,17-20H,5-7,10,21H2,1-4H3;1H/b9-8+;/t11-,17-,18-,19-,20+;/m1./s1. The number of carbonyl (C=O) groups is 5. The van der Waals surface area contributed by atoms with Crippen molar-refractivity contribution in [3.63, 3.8) is 0 Å². The molecule has 0 bridgehead atoms. The van der Waals surface area contributed by atoms with E-state index in [2.05, 4.69) is 10.5 Å². The van der Waals surface area contributed by atoms with E-state index in [4.69, 9.17) is 23.7 Å². The summed E-state index contributed by atoms with van der Waals surface area (Å²) in [5.41, 5.74) is 3.85. The highest BCUT2D eigenvalue weighted by molar-refractivity contribution is 5.91. The van der Waals surface area contributed by atoms with Crippen LogP contribution in [0.1, 0.15) is 40.0 Å². The van der Waals surface area contributed by atoms with Gasteiger partial charge in [0, 0.05) is 31.4 Å². The van der Waals surface area contributed by atoms with Crippen LogP contribution in [0.2, 0.25) is 0 Å². The van der Waals surface area contributed by atoms with Crippen molar-refractivity contribution in [2.24, 2.45) is 0 Å². The van der Waals surface area contributed by atoms with Crippen LogP contribution in [0.3, 0.4) is 0 Å². The Bertz CT molecular complexity index is 727. The first-order valence-electron chi connectivity index (χ1n) is 10.2. The fourth-order valence-electron chi connectivity index (χ4n) is 2.61. The number of carbonyl (C=O) groups excluding carboxylic acids is 5. The summed E-state index contributed by atoms with van der Waals surface area (Å²) in [6, 6.07) is -1.01. The molecule has 0 spiro atoms. The zero-order valence-electron chi connectivity index (χ0n) is 18.9. The molecule has 1 aliphatic rings. The van der Waals surface area contributed by atoms with Gasteiger partial charge in [-0.3, -0.25) is 14.4 Å². The first kappa shape index (κ1) is 30.3. The Kier molecular flexibility index (Phi) is 14.0. The number of halogens is 1. The molecule has 3 N–H and O–H groups in total. The highest BCUT2D eigenvalue weighted by Crippen LogP contribution is 2.26. The molecule has 1 heterocycles. The van der Waals surface area contributed by atoms with Crippen LogP contribution in [-0.2, 0) is 52.4 Å². The summed E-state index contributed by atoms with van der Waals surface area (Å²) in [6.45, 7) is 4.38. The molecular formula is C20H30ClNO11. The number of rotatable bonds is 10. The van der Waals surface area contributed by atoms with E-state index in [1.165, 1.54) is 0 Å². The van der Waals surface area contributed by atoms with Gasteiger partial charge in [-0.15, -0.1) is 0 Å². The minimum Gasteiger partial charge on any atom is -1.00 e. The van der Waals surface area contributed by atoms with E-state index in [1.807, 2.05) is 0 Å². The maximum absolute atomic E-state index is 12.1. The van der Waals surface area contributed by atoms with Crippen molar-refractivity contribution in [3.05, 3.63) is 12.2 Å². The molecule has 1 rings (SSSR count). The molecule has 0 aromatic carbocycles. The molecule has 1 fully saturated rings. The van der Waals surface area contributed by atoms with Crippen LogP contribution in [0.4, 0.5) is 0 Å². The third-order valence-electron chi connectivity index (χ3n) is 4.37. The molecule has 1 saturated heterocycles. The second-order valence-electron chi connectivity index (χ2n) is 6.65. The molecule has 0 aromatic rings. The second-order valence-corrected chi connectivity index (χ2v) is 6.65. The van der Waals surface area contributed by atoms with Gasteiger partial charge in [-0.1, -0.05) is 20.8 Å². The predicted molar refractivity (Wildman–Crippen MR) is 104 cm³/mol. The van der Waals surface area contributed by atoms with Gasteiger partial charge in [-0.2, -0.15) is 0 Å². The Hall–Kier alpha value is -2.70. The van der Waals surface area contributed by atoms with Crippen LogP contribution in [0.15, 0.2) is 12.2 Å². The maximum atomic E-state index is 12.1. The number of esters is 5. The van der Waals surface area contributed by atoms with E-state index >= 15 is 0 Å².